The van der Waals surface area contributed by atoms with E-state index < -0.39 is 0 Å². The first kappa shape index (κ1) is 16.6. The van der Waals surface area contributed by atoms with Crippen molar-refractivity contribution in [2.45, 2.75) is 25.8 Å². The lowest BCUT2D eigenvalue weighted by Crippen LogP contribution is -2.21. The third-order valence-electron chi connectivity index (χ3n) is 3.90. The average molecular weight is 372 g/mol. The second-order valence-corrected chi connectivity index (χ2v) is 6.84. The van der Waals surface area contributed by atoms with Crippen LogP contribution in [0.2, 0.25) is 15.1 Å². The molecule has 1 aromatic heterocycles. The summed E-state index contributed by atoms with van der Waals surface area (Å²) in [4.78, 5) is 11.1. The van der Waals surface area contributed by atoms with Crippen molar-refractivity contribution in [2.75, 3.05) is 23.3 Å². The van der Waals surface area contributed by atoms with Crippen LogP contribution in [0.15, 0.2) is 24.4 Å². The largest absolute Gasteiger partial charge is 0.362 e. The molecular formula is C16H17Cl3N4. The van der Waals surface area contributed by atoms with Crippen molar-refractivity contribution in [2.24, 2.45) is 0 Å². The monoisotopic (exact) mass is 370 g/mol. The molecule has 1 aliphatic rings. The number of anilines is 2. The maximum Gasteiger partial charge on any atom is 0.227 e. The first-order valence-corrected chi connectivity index (χ1v) is 8.67. The van der Waals surface area contributed by atoms with Crippen LogP contribution in [0.1, 0.15) is 31.4 Å². The highest BCUT2D eigenvalue weighted by molar-refractivity contribution is 6.35. The zero-order valence-corrected chi connectivity index (χ0v) is 15.0. The van der Waals surface area contributed by atoms with Crippen molar-refractivity contribution in [3.63, 3.8) is 0 Å². The topological polar surface area (TPSA) is 41.1 Å². The van der Waals surface area contributed by atoms with E-state index in [1.165, 1.54) is 12.8 Å². The van der Waals surface area contributed by atoms with E-state index in [4.69, 9.17) is 34.8 Å². The molecule has 1 aliphatic heterocycles. The summed E-state index contributed by atoms with van der Waals surface area (Å²) >= 11 is 18.5. The molecule has 3 rings (SSSR count). The van der Waals surface area contributed by atoms with Crippen molar-refractivity contribution < 1.29 is 0 Å². The molecule has 0 unspecified atom stereocenters. The fourth-order valence-electron chi connectivity index (χ4n) is 2.66. The third kappa shape index (κ3) is 3.82. The Morgan fingerprint density at radius 2 is 1.87 bits per heavy atom. The van der Waals surface area contributed by atoms with E-state index in [0.29, 0.717) is 26.8 Å². The Kier molecular flexibility index (Phi) is 5.14. The number of hydrogen-bond donors (Lipinski definition) is 1. The number of benzene rings is 1. The number of hydrogen-bond acceptors (Lipinski definition) is 4. The maximum atomic E-state index is 6.27. The minimum Gasteiger partial charge on any atom is -0.362 e. The van der Waals surface area contributed by atoms with Crippen molar-refractivity contribution in [1.82, 2.24) is 9.97 Å². The Morgan fingerprint density at radius 1 is 1.13 bits per heavy atom. The molecule has 0 amide bonds. The summed E-state index contributed by atoms with van der Waals surface area (Å²) < 4.78 is 0. The van der Waals surface area contributed by atoms with Crippen LogP contribution in [0.5, 0.6) is 0 Å². The Morgan fingerprint density at radius 3 is 2.57 bits per heavy atom. The predicted octanol–water partition coefficient (Wildman–Crippen LogP) is 5.21. The fourth-order valence-corrected chi connectivity index (χ4v) is 3.38. The van der Waals surface area contributed by atoms with Crippen LogP contribution in [-0.4, -0.2) is 23.1 Å². The van der Waals surface area contributed by atoms with Gasteiger partial charge in [0.2, 0.25) is 5.95 Å². The number of nitrogens with zero attached hydrogens (tertiary/aromatic N) is 3. The molecule has 1 aromatic carbocycles. The highest BCUT2D eigenvalue weighted by Gasteiger charge is 2.18. The first-order valence-electron chi connectivity index (χ1n) is 7.53. The summed E-state index contributed by atoms with van der Waals surface area (Å²) in [6, 6.07) is 5.39. The summed E-state index contributed by atoms with van der Waals surface area (Å²) in [5, 5.41) is 5.03. The SMILES string of the molecule is C[C@@H](Nc1nc(N2CCCC2)ncc1Cl)c1ccc(Cl)cc1Cl. The van der Waals surface area contributed by atoms with E-state index in [-0.39, 0.29) is 6.04 Å². The maximum absolute atomic E-state index is 6.27. The van der Waals surface area contributed by atoms with E-state index in [2.05, 4.69) is 20.2 Å². The highest BCUT2D eigenvalue weighted by Crippen LogP contribution is 2.30. The summed E-state index contributed by atoms with van der Waals surface area (Å²) in [5.74, 6) is 1.32. The quantitative estimate of drug-likeness (QED) is 0.801. The number of aromatic nitrogens is 2. The Labute approximate surface area is 150 Å². The van der Waals surface area contributed by atoms with Gasteiger partial charge in [-0.25, -0.2) is 4.98 Å². The predicted molar refractivity (Wildman–Crippen MR) is 97.0 cm³/mol. The molecule has 122 valence electrons. The molecule has 7 heteroatoms. The summed E-state index contributed by atoms with van der Waals surface area (Å²) in [6.07, 6.45) is 3.98. The van der Waals surface area contributed by atoms with E-state index >= 15 is 0 Å². The Hall–Kier alpha value is -1.23. The minimum atomic E-state index is -0.0569. The smallest absolute Gasteiger partial charge is 0.227 e. The second-order valence-electron chi connectivity index (χ2n) is 5.59. The van der Waals surface area contributed by atoms with Crippen LogP contribution >= 0.6 is 34.8 Å². The molecule has 4 nitrogen and oxygen atoms in total. The van der Waals surface area contributed by atoms with Gasteiger partial charge >= 0.3 is 0 Å². The standard InChI is InChI=1S/C16H17Cl3N4/c1-10(12-5-4-11(17)8-13(12)18)21-15-14(19)9-20-16(22-15)23-6-2-3-7-23/h4-5,8-10H,2-3,6-7H2,1H3,(H,20,21,22)/t10-/m1/s1. The van der Waals surface area contributed by atoms with Crippen LogP contribution in [0, 0.1) is 0 Å². The van der Waals surface area contributed by atoms with Crippen molar-refractivity contribution in [3.8, 4) is 0 Å². The Bertz CT molecular complexity index is 702. The van der Waals surface area contributed by atoms with Crippen molar-refractivity contribution in [1.29, 1.82) is 0 Å². The van der Waals surface area contributed by atoms with Gasteiger partial charge in [0, 0.05) is 23.1 Å². The third-order valence-corrected chi connectivity index (χ3v) is 4.74. The average Bonchev–Trinajstić information content (AvgIpc) is 3.03. The molecule has 0 spiro atoms. The van der Waals surface area contributed by atoms with E-state index in [9.17, 15) is 0 Å². The number of rotatable bonds is 4. The molecule has 1 fully saturated rings. The number of nitrogens with one attached hydrogen (secondary N) is 1. The second kappa shape index (κ2) is 7.12. The lowest BCUT2D eigenvalue weighted by atomic mass is 10.1. The molecule has 2 aromatic rings. The summed E-state index contributed by atoms with van der Waals surface area (Å²) in [5.41, 5.74) is 0.938. The number of halogens is 3. The van der Waals surface area contributed by atoms with Gasteiger partial charge < -0.3 is 10.2 Å². The van der Waals surface area contributed by atoms with Crippen LogP contribution in [-0.2, 0) is 0 Å². The molecule has 0 saturated carbocycles. The molecule has 23 heavy (non-hydrogen) atoms. The van der Waals surface area contributed by atoms with Gasteiger partial charge in [-0.1, -0.05) is 40.9 Å². The van der Waals surface area contributed by atoms with Gasteiger partial charge in [-0.3, -0.25) is 0 Å². The highest BCUT2D eigenvalue weighted by atomic mass is 35.5. The van der Waals surface area contributed by atoms with Gasteiger partial charge in [0.25, 0.3) is 0 Å². The fraction of sp³-hybridized carbons (Fsp3) is 0.375. The van der Waals surface area contributed by atoms with Crippen LogP contribution in [0.25, 0.3) is 0 Å². The van der Waals surface area contributed by atoms with Gasteiger partial charge in [-0.15, -0.1) is 0 Å². The van der Waals surface area contributed by atoms with Crippen LogP contribution < -0.4 is 10.2 Å². The molecule has 2 heterocycles. The first-order chi connectivity index (χ1) is 11.0. The minimum absolute atomic E-state index is 0.0569. The van der Waals surface area contributed by atoms with Crippen LogP contribution in [0.3, 0.4) is 0 Å². The molecule has 0 bridgehead atoms. The zero-order valence-electron chi connectivity index (χ0n) is 12.7. The molecule has 1 saturated heterocycles. The molecule has 1 N–H and O–H groups in total. The van der Waals surface area contributed by atoms with E-state index in [1.807, 2.05) is 19.1 Å². The van der Waals surface area contributed by atoms with Gasteiger partial charge in [-0.2, -0.15) is 4.98 Å². The summed E-state index contributed by atoms with van der Waals surface area (Å²) in [7, 11) is 0. The van der Waals surface area contributed by atoms with Crippen LogP contribution in [0.4, 0.5) is 11.8 Å². The van der Waals surface area contributed by atoms with Crippen molar-refractivity contribution >= 4 is 46.6 Å². The van der Waals surface area contributed by atoms with E-state index in [1.54, 1.807) is 12.3 Å². The van der Waals surface area contributed by atoms with Gasteiger partial charge in [0.15, 0.2) is 5.82 Å². The van der Waals surface area contributed by atoms with Gasteiger partial charge in [0.05, 0.1) is 12.2 Å². The normalized spacial score (nSPS) is 15.7. The van der Waals surface area contributed by atoms with Gasteiger partial charge in [-0.05, 0) is 37.5 Å². The van der Waals surface area contributed by atoms with Gasteiger partial charge in [0.1, 0.15) is 5.02 Å². The van der Waals surface area contributed by atoms with Crippen molar-refractivity contribution in [3.05, 3.63) is 45.0 Å². The molecule has 0 radical (unpaired) electrons. The summed E-state index contributed by atoms with van der Waals surface area (Å²) in [6.45, 7) is 3.97. The zero-order chi connectivity index (χ0) is 16.4. The lowest BCUT2D eigenvalue weighted by molar-refractivity contribution is 0.856. The molecular weight excluding hydrogens is 355 g/mol. The molecule has 0 aliphatic carbocycles. The molecule has 1 atom stereocenters. The van der Waals surface area contributed by atoms with E-state index in [0.717, 1.165) is 18.7 Å². The Balaban J connectivity index is 1.82. The lowest BCUT2D eigenvalue weighted by Gasteiger charge is -2.20.